The number of rotatable bonds is 4. The lowest BCUT2D eigenvalue weighted by Crippen LogP contribution is -2.66. The molecule has 5 heterocycles. The molecule has 0 spiro atoms. The van der Waals surface area contributed by atoms with Crippen LogP contribution in [-0.2, 0) is 4.79 Å². The Labute approximate surface area is 266 Å². The Morgan fingerprint density at radius 1 is 1.16 bits per heavy atom. The van der Waals surface area contributed by atoms with Crippen LogP contribution < -0.4 is 15.4 Å². The van der Waals surface area contributed by atoms with Gasteiger partial charge in [0.05, 0.1) is 39.9 Å². The van der Waals surface area contributed by atoms with Crippen molar-refractivity contribution in [3.63, 3.8) is 0 Å². The second kappa shape index (κ2) is 11.2. The molecule has 1 fully saturated rings. The lowest BCUT2D eigenvalue weighted by Gasteiger charge is -2.49. The number of likely N-dealkylation sites (N-methyl/N-ethyl adjacent to an activating group) is 1. The summed E-state index contributed by atoms with van der Waals surface area (Å²) in [5, 5.41) is 20.9. The largest absolute Gasteiger partial charge is 0.507 e. The average molecular weight is 653 g/mol. The van der Waals surface area contributed by atoms with Crippen LogP contribution in [0.15, 0.2) is 46.2 Å². The van der Waals surface area contributed by atoms with Crippen molar-refractivity contribution < 1.29 is 24.2 Å². The summed E-state index contributed by atoms with van der Waals surface area (Å²) in [5.74, 6) is -1.69. The number of carbonyl (C=O) groups excluding carboxylic acids is 1. The molecule has 6 rings (SSSR count). The summed E-state index contributed by atoms with van der Waals surface area (Å²) >= 11 is 8.21. The van der Waals surface area contributed by atoms with Gasteiger partial charge < -0.3 is 24.9 Å². The van der Waals surface area contributed by atoms with Crippen LogP contribution in [0.1, 0.15) is 32.4 Å². The summed E-state index contributed by atoms with van der Waals surface area (Å²) < 4.78 is 16.6. The van der Waals surface area contributed by atoms with Crippen LogP contribution in [0.25, 0.3) is 28.0 Å². The second-order valence-electron chi connectivity index (χ2n) is 11.4. The molecule has 11 nitrogen and oxygen atoms in total. The zero-order chi connectivity index (χ0) is 32.5. The fourth-order valence-electron chi connectivity index (χ4n) is 6.28. The predicted molar refractivity (Wildman–Crippen MR) is 172 cm³/mol. The number of halogens is 2. The number of benzene rings is 1. The molecule has 45 heavy (non-hydrogen) atoms. The molecule has 1 aromatic carbocycles. The molecule has 4 aromatic rings. The van der Waals surface area contributed by atoms with Gasteiger partial charge in [0.1, 0.15) is 23.3 Å². The van der Waals surface area contributed by atoms with E-state index in [1.807, 2.05) is 20.1 Å². The smallest absolute Gasteiger partial charge is 0.407 e. The molecule has 234 valence electrons. The van der Waals surface area contributed by atoms with Gasteiger partial charge in [0.25, 0.3) is 11.5 Å². The number of pyridine rings is 3. The zero-order valence-electron chi connectivity index (χ0n) is 25.1. The Hall–Kier alpha value is -4.36. The van der Waals surface area contributed by atoms with Gasteiger partial charge in [-0.2, -0.15) is 0 Å². The topological polar surface area (TPSA) is 132 Å². The molecule has 2 aliphatic heterocycles. The molecule has 14 heteroatoms. The van der Waals surface area contributed by atoms with Crippen molar-refractivity contribution >= 4 is 57.8 Å². The van der Waals surface area contributed by atoms with Gasteiger partial charge in [0.2, 0.25) is 0 Å². The molecule has 1 saturated heterocycles. The zero-order valence-corrected chi connectivity index (χ0v) is 26.6. The molecule has 0 saturated carbocycles. The second-order valence-corrected chi connectivity index (χ2v) is 12.7. The Morgan fingerprint density at radius 3 is 2.53 bits per heavy atom. The van der Waals surface area contributed by atoms with Crippen LogP contribution in [0, 0.1) is 5.82 Å². The number of carbonyl (C=O) groups is 2. The number of piperazine rings is 1. The molecule has 0 radical (unpaired) electrons. The number of hydrogen-bond donors (Lipinski definition) is 2. The van der Waals surface area contributed by atoms with Crippen LogP contribution in [0.2, 0.25) is 5.02 Å². The molecule has 0 aliphatic carbocycles. The van der Waals surface area contributed by atoms with E-state index in [0.717, 1.165) is 4.90 Å². The lowest BCUT2D eigenvalue weighted by atomic mass is 9.98. The first-order chi connectivity index (χ1) is 21.4. The highest BCUT2D eigenvalue weighted by Gasteiger charge is 2.46. The average Bonchev–Trinajstić information content (AvgIpc) is 2.99. The van der Waals surface area contributed by atoms with Crippen molar-refractivity contribution in [2.24, 2.45) is 0 Å². The molecule has 2 amide bonds. The van der Waals surface area contributed by atoms with Crippen molar-refractivity contribution in [2.45, 2.75) is 43.7 Å². The lowest BCUT2D eigenvalue weighted by molar-refractivity contribution is -0.120. The summed E-state index contributed by atoms with van der Waals surface area (Å²) in [6.07, 6.45) is 2.38. The SMILES string of the molecule is CSc1ccnc(C(C)C)c1-n1c(=O)c2c(c3cc(Cl)c(-c4c(O)cccc4F)nc31)N1C[C@@H](C)N(C(=O)O)C[C@@H]1C(=O)N2C. The van der Waals surface area contributed by atoms with Crippen molar-refractivity contribution in [3.05, 3.63) is 63.4 Å². The Balaban J connectivity index is 1.79. The molecule has 2 aliphatic rings. The minimum atomic E-state index is -1.15. The number of aromatic nitrogens is 3. The molecular formula is C31H30ClFN6O5S. The number of phenolic OH excluding ortho intramolecular Hbond substituents is 1. The van der Waals surface area contributed by atoms with E-state index in [4.69, 9.17) is 16.6 Å². The van der Waals surface area contributed by atoms with Gasteiger partial charge in [0, 0.05) is 36.1 Å². The van der Waals surface area contributed by atoms with E-state index in [-0.39, 0.29) is 52.4 Å². The number of amides is 2. The van der Waals surface area contributed by atoms with Gasteiger partial charge in [-0.25, -0.2) is 14.2 Å². The number of nitrogens with zero attached hydrogens (tertiary/aromatic N) is 6. The van der Waals surface area contributed by atoms with Crippen LogP contribution >= 0.6 is 23.4 Å². The number of anilines is 2. The quantitative estimate of drug-likeness (QED) is 0.281. The van der Waals surface area contributed by atoms with E-state index in [0.29, 0.717) is 22.5 Å². The van der Waals surface area contributed by atoms with Crippen LogP contribution in [0.5, 0.6) is 5.75 Å². The number of phenols is 1. The summed E-state index contributed by atoms with van der Waals surface area (Å²) in [7, 11) is 1.49. The highest BCUT2D eigenvalue weighted by molar-refractivity contribution is 7.98. The third kappa shape index (κ3) is 4.67. The third-order valence-corrected chi connectivity index (χ3v) is 9.47. The molecular weight excluding hydrogens is 623 g/mol. The van der Waals surface area contributed by atoms with Gasteiger partial charge >= 0.3 is 6.09 Å². The maximum Gasteiger partial charge on any atom is 0.407 e. The van der Waals surface area contributed by atoms with Crippen molar-refractivity contribution in [2.75, 3.05) is 36.2 Å². The van der Waals surface area contributed by atoms with E-state index in [1.165, 1.54) is 51.4 Å². The van der Waals surface area contributed by atoms with Crippen molar-refractivity contribution in [1.82, 2.24) is 19.4 Å². The monoisotopic (exact) mass is 652 g/mol. The summed E-state index contributed by atoms with van der Waals surface area (Å²) in [6, 6.07) is 5.77. The normalized spacial score (nSPS) is 18.0. The van der Waals surface area contributed by atoms with E-state index in [2.05, 4.69) is 4.98 Å². The van der Waals surface area contributed by atoms with E-state index in [1.54, 1.807) is 30.2 Å². The standard InChI is InChI=1S/C31H30ClFN6O5S/c1-14(2)23-26(21(45-5)9-10-34-23)39-28-16(11-17(32)24(35-28)22-18(33)7-6-8-20(22)40)25-27(30(39)42)36(4)29(41)19-13-37(31(43)44)15(3)12-38(19)25/h6-11,14-15,19,40H,12-13H2,1-5H3,(H,43,44)/t15-,19-/m1/s1. The van der Waals surface area contributed by atoms with E-state index in [9.17, 15) is 24.6 Å². The van der Waals surface area contributed by atoms with Crippen LogP contribution in [0.3, 0.4) is 0 Å². The maximum atomic E-state index is 15.2. The van der Waals surface area contributed by atoms with E-state index >= 15 is 4.39 Å². The molecule has 3 aromatic heterocycles. The Bertz CT molecular complexity index is 1950. The summed E-state index contributed by atoms with van der Waals surface area (Å²) in [4.78, 5) is 55.0. The Morgan fingerprint density at radius 2 is 1.89 bits per heavy atom. The summed E-state index contributed by atoms with van der Waals surface area (Å²) in [5.41, 5.74) is 0.751. The fourth-order valence-corrected chi connectivity index (χ4v) is 7.11. The molecule has 2 N–H and O–H groups in total. The number of carboxylic acid groups (broad SMARTS) is 1. The number of hydrogen-bond acceptors (Lipinski definition) is 8. The van der Waals surface area contributed by atoms with Gasteiger partial charge in [-0.3, -0.25) is 19.1 Å². The van der Waals surface area contributed by atoms with Gasteiger partial charge in [-0.05, 0) is 43.4 Å². The first-order valence-electron chi connectivity index (χ1n) is 14.2. The molecule has 0 bridgehead atoms. The van der Waals surface area contributed by atoms with Crippen LogP contribution in [-0.4, -0.2) is 80.1 Å². The van der Waals surface area contributed by atoms with E-state index < -0.39 is 35.5 Å². The fraction of sp³-hybridized carbons (Fsp3) is 0.323. The third-order valence-electron chi connectivity index (χ3n) is 8.41. The minimum absolute atomic E-state index is 0.00369. The maximum absolute atomic E-state index is 15.2. The molecule has 0 unspecified atom stereocenters. The van der Waals surface area contributed by atoms with Gasteiger partial charge in [-0.15, -0.1) is 11.8 Å². The predicted octanol–water partition coefficient (Wildman–Crippen LogP) is 5.32. The number of aromatic hydroxyl groups is 1. The first kappa shape index (κ1) is 30.7. The van der Waals surface area contributed by atoms with Gasteiger partial charge in [0.15, 0.2) is 5.65 Å². The number of fused-ring (bicyclic) bond motifs is 5. The number of thioether (sulfide) groups is 1. The van der Waals surface area contributed by atoms with Crippen molar-refractivity contribution in [1.29, 1.82) is 0 Å². The highest BCUT2D eigenvalue weighted by atomic mass is 35.5. The first-order valence-corrected chi connectivity index (χ1v) is 15.8. The minimum Gasteiger partial charge on any atom is -0.507 e. The highest BCUT2D eigenvalue weighted by Crippen LogP contribution is 2.45. The Kier molecular flexibility index (Phi) is 7.64. The summed E-state index contributed by atoms with van der Waals surface area (Å²) in [6.45, 7) is 5.63. The van der Waals surface area contributed by atoms with Crippen LogP contribution in [0.4, 0.5) is 20.6 Å². The van der Waals surface area contributed by atoms with Crippen molar-refractivity contribution in [3.8, 4) is 22.7 Å². The van der Waals surface area contributed by atoms with Gasteiger partial charge in [-0.1, -0.05) is 31.5 Å². The molecule has 2 atom stereocenters.